The zero-order valence-electron chi connectivity index (χ0n) is 26.4. The summed E-state index contributed by atoms with van der Waals surface area (Å²) in [7, 11) is 0. The van der Waals surface area contributed by atoms with Crippen LogP contribution in [0.3, 0.4) is 0 Å². The van der Waals surface area contributed by atoms with E-state index in [0.717, 1.165) is 11.1 Å². The van der Waals surface area contributed by atoms with E-state index in [1.165, 1.54) is 0 Å². The summed E-state index contributed by atoms with van der Waals surface area (Å²) >= 11 is 0. The lowest BCUT2D eigenvalue weighted by atomic mass is 9.69. The maximum atomic E-state index is 13.4. The number of amides is 1. The van der Waals surface area contributed by atoms with Gasteiger partial charge in [0, 0.05) is 42.7 Å². The summed E-state index contributed by atoms with van der Waals surface area (Å²) in [6.45, 7) is 2.24. The molecule has 48 heavy (non-hydrogen) atoms. The minimum absolute atomic E-state index is 0.145. The van der Waals surface area contributed by atoms with Crippen LogP contribution in [-0.4, -0.2) is 60.1 Å². The van der Waals surface area contributed by atoms with Gasteiger partial charge in [0.05, 0.1) is 0 Å². The van der Waals surface area contributed by atoms with Crippen LogP contribution in [0.15, 0.2) is 109 Å². The fourth-order valence-corrected chi connectivity index (χ4v) is 6.51. The molecule has 2 aliphatic rings. The third-order valence-electron chi connectivity index (χ3n) is 9.24. The van der Waals surface area contributed by atoms with Crippen LogP contribution in [0.4, 0.5) is 13.2 Å². The minimum Gasteiger partial charge on any atom is -0.489 e. The number of ether oxygens (including phenoxy) is 3. The predicted molar refractivity (Wildman–Crippen MR) is 174 cm³/mol. The summed E-state index contributed by atoms with van der Waals surface area (Å²) in [6, 6.07) is 33.6. The van der Waals surface area contributed by atoms with E-state index in [4.69, 9.17) is 14.2 Å². The fourth-order valence-electron chi connectivity index (χ4n) is 6.51. The topological polar surface area (TPSA) is 68.3 Å². The van der Waals surface area contributed by atoms with Crippen LogP contribution in [0, 0.1) is 5.41 Å². The third kappa shape index (κ3) is 7.99. The Morgan fingerprint density at radius 2 is 1.35 bits per heavy atom. The van der Waals surface area contributed by atoms with Gasteiger partial charge in [0.25, 0.3) is 5.91 Å². The van der Waals surface area contributed by atoms with Crippen molar-refractivity contribution in [2.75, 3.05) is 26.2 Å². The van der Waals surface area contributed by atoms with Crippen molar-refractivity contribution in [1.82, 2.24) is 9.80 Å². The Hall–Kier alpha value is -4.83. The van der Waals surface area contributed by atoms with Gasteiger partial charge in [-0.05, 0) is 73.8 Å². The standard InChI is InChI=1S/C38H37F3N2O5/c39-38(40,41)36(45)48-34-26-42(25-30-11-7-8-14-33(30)46-27-28-9-3-1-4-10-28)22-19-37(34)20-23-43(24-21-37)35(44)29-15-17-32(18-16-29)47-31-12-5-2-6-13-31/h1-18,34H,19-27H2. The lowest BCUT2D eigenvalue weighted by molar-refractivity contribution is -0.216. The molecule has 4 aromatic carbocycles. The second-order valence-corrected chi connectivity index (χ2v) is 12.4. The number of carbonyl (C=O) groups excluding carboxylic acids is 2. The molecule has 250 valence electrons. The van der Waals surface area contributed by atoms with E-state index < -0.39 is 23.7 Å². The van der Waals surface area contributed by atoms with Crippen LogP contribution in [0.25, 0.3) is 0 Å². The molecule has 2 fully saturated rings. The summed E-state index contributed by atoms with van der Waals surface area (Å²) in [4.78, 5) is 29.3. The highest BCUT2D eigenvalue weighted by atomic mass is 19.4. The Morgan fingerprint density at radius 1 is 0.750 bits per heavy atom. The average Bonchev–Trinajstić information content (AvgIpc) is 3.10. The summed E-state index contributed by atoms with van der Waals surface area (Å²) in [5.41, 5.74) is 1.73. The minimum atomic E-state index is -5.10. The monoisotopic (exact) mass is 658 g/mol. The Balaban J connectivity index is 1.11. The lowest BCUT2D eigenvalue weighted by Crippen LogP contribution is -2.57. The smallest absolute Gasteiger partial charge is 0.489 e. The van der Waals surface area contributed by atoms with Gasteiger partial charge in [0.15, 0.2) is 0 Å². The van der Waals surface area contributed by atoms with E-state index >= 15 is 0 Å². The summed E-state index contributed by atoms with van der Waals surface area (Å²) < 4.78 is 57.4. The summed E-state index contributed by atoms with van der Waals surface area (Å²) in [6.07, 6.45) is -4.70. The second-order valence-electron chi connectivity index (χ2n) is 12.4. The number of carbonyl (C=O) groups is 2. The third-order valence-corrected chi connectivity index (χ3v) is 9.24. The highest BCUT2D eigenvalue weighted by molar-refractivity contribution is 5.94. The molecule has 0 bridgehead atoms. The van der Waals surface area contributed by atoms with Crippen molar-refractivity contribution in [2.24, 2.45) is 5.41 Å². The average molecular weight is 659 g/mol. The van der Waals surface area contributed by atoms with Crippen LogP contribution in [-0.2, 0) is 22.7 Å². The number of hydrogen-bond donors (Lipinski definition) is 0. The number of hydrogen-bond acceptors (Lipinski definition) is 6. The van der Waals surface area contributed by atoms with Crippen molar-refractivity contribution in [3.63, 3.8) is 0 Å². The van der Waals surface area contributed by atoms with E-state index in [1.54, 1.807) is 29.2 Å². The molecule has 0 radical (unpaired) electrons. The van der Waals surface area contributed by atoms with E-state index in [2.05, 4.69) is 0 Å². The maximum Gasteiger partial charge on any atom is 0.490 e. The van der Waals surface area contributed by atoms with Gasteiger partial charge in [-0.3, -0.25) is 9.69 Å². The molecule has 6 rings (SSSR count). The van der Waals surface area contributed by atoms with Crippen LogP contribution in [0.5, 0.6) is 17.2 Å². The molecule has 1 atom stereocenters. The fraction of sp³-hybridized carbons (Fsp3) is 0.316. The molecule has 0 aromatic heterocycles. The number of alkyl halides is 3. The molecule has 1 unspecified atom stereocenters. The van der Waals surface area contributed by atoms with E-state index in [1.807, 2.05) is 89.8 Å². The SMILES string of the molecule is O=C(c1ccc(Oc2ccccc2)cc1)N1CCC2(CCN(Cc3ccccc3OCc3ccccc3)CC2OC(=O)C(F)(F)F)CC1. The number of rotatable bonds is 9. The molecule has 2 saturated heterocycles. The molecule has 4 aromatic rings. The Labute approximate surface area is 277 Å². The Kier molecular flexibility index (Phi) is 10.0. The first kappa shape index (κ1) is 33.1. The number of likely N-dealkylation sites (tertiary alicyclic amines) is 2. The largest absolute Gasteiger partial charge is 0.490 e. The number of para-hydroxylation sites is 2. The molecular weight excluding hydrogens is 621 g/mol. The second kappa shape index (κ2) is 14.5. The molecule has 10 heteroatoms. The molecule has 1 spiro atoms. The Bertz CT molecular complexity index is 1670. The molecular formula is C38H37F3N2O5. The number of nitrogens with zero attached hydrogens (tertiary/aromatic N) is 2. The van der Waals surface area contributed by atoms with Gasteiger partial charge in [-0.25, -0.2) is 4.79 Å². The summed E-state index contributed by atoms with van der Waals surface area (Å²) in [5, 5.41) is 0. The number of halogens is 3. The van der Waals surface area contributed by atoms with Crippen molar-refractivity contribution in [3.8, 4) is 17.2 Å². The highest BCUT2D eigenvalue weighted by Crippen LogP contribution is 2.44. The molecule has 0 saturated carbocycles. The zero-order valence-corrected chi connectivity index (χ0v) is 26.4. The number of piperidine rings is 2. The molecule has 2 aliphatic heterocycles. The van der Waals surface area contributed by atoms with Crippen LogP contribution < -0.4 is 9.47 Å². The van der Waals surface area contributed by atoms with Crippen LogP contribution >= 0.6 is 0 Å². The maximum absolute atomic E-state index is 13.4. The first-order valence-corrected chi connectivity index (χ1v) is 16.1. The van der Waals surface area contributed by atoms with Gasteiger partial charge in [0.1, 0.15) is 30.0 Å². The normalized spacial score (nSPS) is 17.9. The molecule has 0 N–H and O–H groups in total. The van der Waals surface area contributed by atoms with Crippen molar-refractivity contribution < 1.29 is 37.0 Å². The van der Waals surface area contributed by atoms with E-state index in [0.29, 0.717) is 74.9 Å². The van der Waals surface area contributed by atoms with Crippen molar-refractivity contribution >= 4 is 11.9 Å². The van der Waals surface area contributed by atoms with Gasteiger partial charge in [-0.15, -0.1) is 0 Å². The predicted octanol–water partition coefficient (Wildman–Crippen LogP) is 7.66. The van der Waals surface area contributed by atoms with E-state index in [9.17, 15) is 22.8 Å². The quantitative estimate of drug-likeness (QED) is 0.172. The summed E-state index contributed by atoms with van der Waals surface area (Å²) in [5.74, 6) is -0.370. The Morgan fingerprint density at radius 3 is 2.04 bits per heavy atom. The number of benzene rings is 4. The molecule has 1 amide bonds. The van der Waals surface area contributed by atoms with Crippen molar-refractivity contribution in [3.05, 3.63) is 126 Å². The van der Waals surface area contributed by atoms with Gasteiger partial charge in [0.2, 0.25) is 0 Å². The molecule has 0 aliphatic carbocycles. The van der Waals surface area contributed by atoms with Crippen LogP contribution in [0.2, 0.25) is 0 Å². The molecule has 7 nitrogen and oxygen atoms in total. The first-order chi connectivity index (χ1) is 23.2. The molecule has 2 heterocycles. The van der Waals surface area contributed by atoms with Crippen LogP contribution in [0.1, 0.15) is 40.7 Å². The van der Waals surface area contributed by atoms with Gasteiger partial charge in [-0.2, -0.15) is 13.2 Å². The van der Waals surface area contributed by atoms with Gasteiger partial charge < -0.3 is 19.1 Å². The van der Waals surface area contributed by atoms with Crippen molar-refractivity contribution in [2.45, 2.75) is 44.7 Å². The van der Waals surface area contributed by atoms with E-state index in [-0.39, 0.29) is 12.5 Å². The van der Waals surface area contributed by atoms with Gasteiger partial charge >= 0.3 is 12.1 Å². The lowest BCUT2D eigenvalue weighted by Gasteiger charge is -2.51. The highest BCUT2D eigenvalue weighted by Gasteiger charge is 2.51. The van der Waals surface area contributed by atoms with Crippen molar-refractivity contribution in [1.29, 1.82) is 0 Å². The zero-order chi connectivity index (χ0) is 33.6. The number of esters is 1. The first-order valence-electron chi connectivity index (χ1n) is 16.1. The van der Waals surface area contributed by atoms with Gasteiger partial charge in [-0.1, -0.05) is 66.7 Å².